The molecule has 3 aromatic carbocycles. The number of hydrogen-bond acceptors (Lipinski definition) is 6. The lowest BCUT2D eigenvalue weighted by molar-refractivity contribution is -0.669. The summed E-state index contributed by atoms with van der Waals surface area (Å²) in [5, 5.41) is 20.4. The molecular formula is C35H34BrN2O5+. The van der Waals surface area contributed by atoms with Gasteiger partial charge in [0.1, 0.15) is 5.76 Å². The number of ether oxygens (including phenoxy) is 1. The van der Waals surface area contributed by atoms with Crippen molar-refractivity contribution in [1.82, 2.24) is 0 Å². The molecule has 7 nitrogen and oxygen atoms in total. The van der Waals surface area contributed by atoms with Gasteiger partial charge in [-0.05, 0) is 48.4 Å². The Labute approximate surface area is 259 Å². The molecule has 6 rings (SSSR count). The summed E-state index contributed by atoms with van der Waals surface area (Å²) in [6, 6.07) is 22.2. The van der Waals surface area contributed by atoms with E-state index in [9.17, 15) is 9.90 Å². The second-order valence-electron chi connectivity index (χ2n) is 11.4. The maximum atomic E-state index is 13.6. The van der Waals surface area contributed by atoms with Crippen molar-refractivity contribution in [3.05, 3.63) is 122 Å². The van der Waals surface area contributed by atoms with Gasteiger partial charge in [0.2, 0.25) is 11.4 Å². The van der Waals surface area contributed by atoms with Crippen LogP contribution in [0.15, 0.2) is 104 Å². The van der Waals surface area contributed by atoms with Crippen LogP contribution in [0.3, 0.4) is 0 Å². The number of allylic oxidation sites excluding steroid dienone is 4. The monoisotopic (exact) mass is 641 g/mol. The Kier molecular flexibility index (Phi) is 7.85. The minimum absolute atomic E-state index is 0.0434. The average molecular weight is 643 g/mol. The van der Waals surface area contributed by atoms with Gasteiger partial charge < -0.3 is 24.3 Å². The number of aliphatic hydroxyl groups excluding tert-OH is 2. The number of ketones is 1. The van der Waals surface area contributed by atoms with E-state index in [2.05, 4.69) is 40.7 Å². The fourth-order valence-corrected chi connectivity index (χ4v) is 6.25. The van der Waals surface area contributed by atoms with Crippen LogP contribution >= 0.6 is 15.9 Å². The molecule has 0 spiro atoms. The summed E-state index contributed by atoms with van der Waals surface area (Å²) >= 11 is 3.59. The van der Waals surface area contributed by atoms with Crippen molar-refractivity contribution in [2.24, 2.45) is 0 Å². The van der Waals surface area contributed by atoms with E-state index >= 15 is 0 Å². The first-order chi connectivity index (χ1) is 20.7. The van der Waals surface area contributed by atoms with Crippen LogP contribution in [-0.4, -0.2) is 42.4 Å². The molecule has 0 radical (unpaired) electrons. The Bertz CT molecular complexity index is 1820. The summed E-state index contributed by atoms with van der Waals surface area (Å²) in [6.07, 6.45) is 3.44. The highest BCUT2D eigenvalue weighted by molar-refractivity contribution is 9.10. The number of nitrogens with zero attached hydrogens (tertiary/aromatic N) is 2. The van der Waals surface area contributed by atoms with E-state index in [-0.39, 0.29) is 35.9 Å². The second-order valence-corrected chi connectivity index (χ2v) is 12.4. The van der Waals surface area contributed by atoms with Gasteiger partial charge in [-0.25, -0.2) is 0 Å². The highest BCUT2D eigenvalue weighted by Crippen LogP contribution is 2.49. The van der Waals surface area contributed by atoms with Crippen molar-refractivity contribution in [3.63, 3.8) is 0 Å². The molecule has 0 saturated heterocycles. The molecule has 1 aromatic heterocycles. The van der Waals surface area contributed by atoms with Crippen molar-refractivity contribution >= 4 is 44.6 Å². The van der Waals surface area contributed by atoms with Crippen molar-refractivity contribution in [3.8, 4) is 0 Å². The number of halogens is 1. The number of oxazole rings is 1. The van der Waals surface area contributed by atoms with Crippen LogP contribution in [0.25, 0.3) is 17.2 Å². The van der Waals surface area contributed by atoms with Crippen LogP contribution in [0.5, 0.6) is 0 Å². The molecule has 0 amide bonds. The van der Waals surface area contributed by atoms with Crippen molar-refractivity contribution in [2.75, 3.05) is 31.3 Å². The number of aryl methyl sites for hydroxylation is 1. The van der Waals surface area contributed by atoms with E-state index in [1.807, 2.05) is 72.2 Å². The topological polar surface area (TPSA) is 87.0 Å². The van der Waals surface area contributed by atoms with Crippen LogP contribution in [0.4, 0.5) is 5.69 Å². The number of hydrogen-bond donors (Lipinski definition) is 2. The lowest BCUT2D eigenvalue weighted by Crippen LogP contribution is -2.36. The van der Waals surface area contributed by atoms with E-state index in [4.69, 9.17) is 14.3 Å². The number of carbonyl (C=O) groups is 1. The Morgan fingerprint density at radius 2 is 1.84 bits per heavy atom. The summed E-state index contributed by atoms with van der Waals surface area (Å²) in [7, 11) is 0. The van der Waals surface area contributed by atoms with E-state index in [0.29, 0.717) is 25.6 Å². The molecule has 43 heavy (non-hydrogen) atoms. The molecule has 8 heteroatoms. The van der Waals surface area contributed by atoms with Crippen LogP contribution in [-0.2, 0) is 21.5 Å². The number of aromatic nitrogens is 1. The van der Waals surface area contributed by atoms with Gasteiger partial charge in [-0.1, -0.05) is 66.2 Å². The predicted octanol–water partition coefficient (Wildman–Crippen LogP) is 6.31. The highest BCUT2D eigenvalue weighted by atomic mass is 79.9. The van der Waals surface area contributed by atoms with Crippen LogP contribution in [0, 0.1) is 6.92 Å². The summed E-state index contributed by atoms with van der Waals surface area (Å²) in [5.41, 5.74) is 6.87. The van der Waals surface area contributed by atoms with Gasteiger partial charge in [0, 0.05) is 39.4 Å². The van der Waals surface area contributed by atoms with Gasteiger partial charge >= 0.3 is 5.89 Å². The Hall–Kier alpha value is -3.98. The number of fused-ring (bicyclic) bond motifs is 2. The Balaban J connectivity index is 1.39. The smallest absolute Gasteiger partial charge is 0.375 e. The molecule has 0 bridgehead atoms. The molecule has 2 N–H and O–H groups in total. The van der Waals surface area contributed by atoms with Gasteiger partial charge in [0.25, 0.3) is 5.52 Å². The van der Waals surface area contributed by atoms with Gasteiger partial charge in [0.15, 0.2) is 6.54 Å². The van der Waals surface area contributed by atoms with Gasteiger partial charge in [-0.15, -0.1) is 0 Å². The van der Waals surface area contributed by atoms with Crippen molar-refractivity contribution in [1.29, 1.82) is 0 Å². The van der Waals surface area contributed by atoms with E-state index < -0.39 is 5.41 Å². The maximum Gasteiger partial charge on any atom is 0.375 e. The molecule has 2 aliphatic rings. The Morgan fingerprint density at radius 3 is 2.58 bits per heavy atom. The van der Waals surface area contributed by atoms with Crippen LogP contribution in [0.2, 0.25) is 0 Å². The van der Waals surface area contributed by atoms with E-state index in [0.717, 1.165) is 43.6 Å². The van der Waals surface area contributed by atoms with Crippen molar-refractivity contribution in [2.45, 2.75) is 32.7 Å². The molecule has 0 atom stereocenters. The minimum Gasteiger partial charge on any atom is -0.506 e. The molecule has 2 heterocycles. The number of Topliss-reactive ketones (excluding diaryl/α,β-unsaturated/α-hetero) is 1. The lowest BCUT2D eigenvalue weighted by atomic mass is 9.80. The van der Waals surface area contributed by atoms with Gasteiger partial charge in [0.05, 0.1) is 37.0 Å². The molecule has 0 saturated carbocycles. The fraction of sp³-hybridized carbons (Fsp3) is 0.257. The Morgan fingerprint density at radius 1 is 1.05 bits per heavy atom. The number of anilines is 1. The molecule has 0 fully saturated rings. The molecule has 1 aliphatic heterocycles. The largest absolute Gasteiger partial charge is 0.506 e. The lowest BCUT2D eigenvalue weighted by Gasteiger charge is -2.29. The SMILES string of the molecule is Cc1ccc2c(c1)oc(C=C1C(=O)C(C=C3N(CCOCCO)c4ccc(Br)cc4C3(C)C)=C1O)[n+]2Cc1ccccc1. The molecule has 0 unspecified atom stereocenters. The van der Waals surface area contributed by atoms with E-state index in [1.54, 1.807) is 12.2 Å². The zero-order chi connectivity index (χ0) is 30.3. The first-order valence-corrected chi connectivity index (χ1v) is 15.1. The first kappa shape index (κ1) is 29.1. The van der Waals surface area contributed by atoms with Gasteiger partial charge in [-0.2, -0.15) is 4.57 Å². The highest BCUT2D eigenvalue weighted by Gasteiger charge is 2.43. The van der Waals surface area contributed by atoms with Crippen LogP contribution < -0.4 is 9.47 Å². The first-order valence-electron chi connectivity index (χ1n) is 14.3. The molecule has 1 aliphatic carbocycles. The van der Waals surface area contributed by atoms with E-state index in [1.165, 1.54) is 0 Å². The number of benzene rings is 3. The quantitative estimate of drug-likeness (QED) is 0.127. The third-order valence-electron chi connectivity index (χ3n) is 8.17. The number of rotatable bonds is 9. The number of aliphatic hydroxyl groups is 2. The zero-order valence-electron chi connectivity index (χ0n) is 24.4. The normalized spacial score (nSPS) is 17.8. The number of carbonyl (C=O) groups excluding carboxylic acids is 1. The fourth-order valence-electron chi connectivity index (χ4n) is 5.89. The molecule has 220 valence electrons. The summed E-state index contributed by atoms with van der Waals surface area (Å²) < 4.78 is 14.8. The summed E-state index contributed by atoms with van der Waals surface area (Å²) in [5.74, 6) is 0.203. The van der Waals surface area contributed by atoms with Crippen molar-refractivity contribution < 1.29 is 28.7 Å². The van der Waals surface area contributed by atoms with Crippen LogP contribution in [0.1, 0.15) is 36.4 Å². The maximum absolute atomic E-state index is 13.6. The average Bonchev–Trinajstić information content (AvgIpc) is 3.42. The van der Waals surface area contributed by atoms with Gasteiger partial charge in [-0.3, -0.25) is 4.79 Å². The summed E-state index contributed by atoms with van der Waals surface area (Å²) in [6.45, 7) is 7.94. The third kappa shape index (κ3) is 5.35. The zero-order valence-corrected chi connectivity index (χ0v) is 26.0. The summed E-state index contributed by atoms with van der Waals surface area (Å²) in [4.78, 5) is 15.7. The molecular weight excluding hydrogens is 608 g/mol. The standard InChI is InChI=1S/C35H33BrN2O5/c1-22-9-11-29-30(17-22)43-32(38(29)21-23-7-5-4-6-8-23)20-26-33(40)25(34(26)41)19-31-35(2,3)27-18-24(36)10-12-28(27)37(31)13-15-42-16-14-39/h4-12,17-20,39H,13-16,21H2,1-3H3/p+1. The minimum atomic E-state index is -0.432. The predicted molar refractivity (Wildman–Crippen MR) is 170 cm³/mol. The molecule has 4 aromatic rings. The third-order valence-corrected chi connectivity index (χ3v) is 8.66. The second kappa shape index (κ2) is 11.6.